The molecule has 0 aliphatic heterocycles. The molecule has 0 unspecified atom stereocenters. The van der Waals surface area contributed by atoms with Crippen molar-refractivity contribution in [1.82, 2.24) is 4.98 Å². The molecule has 0 aliphatic carbocycles. The molecule has 0 amide bonds. The molecule has 1 aromatic heterocycles. The van der Waals surface area contributed by atoms with Crippen molar-refractivity contribution in [3.8, 4) is 0 Å². The fourth-order valence-corrected chi connectivity index (χ4v) is 2.23. The molecule has 0 bridgehead atoms. The molecule has 0 N–H and O–H groups in total. The highest BCUT2D eigenvalue weighted by Crippen LogP contribution is 2.16. The Bertz CT molecular complexity index is 503. The van der Waals surface area contributed by atoms with Gasteiger partial charge in [0.1, 0.15) is 0 Å². The molecule has 2 rings (SSSR count). The molecule has 3 heteroatoms. The summed E-state index contributed by atoms with van der Waals surface area (Å²) in [5, 5.41) is 0. The number of ketones is 1. The van der Waals surface area contributed by atoms with Crippen LogP contribution in [0.5, 0.6) is 0 Å². The van der Waals surface area contributed by atoms with Gasteiger partial charge >= 0.3 is 0 Å². The van der Waals surface area contributed by atoms with Crippen LogP contribution in [-0.4, -0.2) is 10.8 Å². The number of nitrogens with zero attached hydrogens (tertiary/aromatic N) is 1. The minimum absolute atomic E-state index is 0.172. The smallest absolute Gasteiger partial charge is 0.168 e. The van der Waals surface area contributed by atoms with Gasteiger partial charge in [0.05, 0.1) is 5.51 Å². The molecule has 1 heterocycles. The predicted molar refractivity (Wildman–Crippen MR) is 66.1 cm³/mol. The number of carbonyl (C=O) groups is 1. The van der Waals surface area contributed by atoms with E-state index >= 15 is 0 Å². The molecule has 2 aromatic rings. The lowest BCUT2D eigenvalue weighted by Crippen LogP contribution is -2.05. The Balaban J connectivity index is 2.24. The summed E-state index contributed by atoms with van der Waals surface area (Å²) in [5.74, 6) is 0.172. The highest BCUT2D eigenvalue weighted by Gasteiger charge is 2.11. The lowest BCUT2D eigenvalue weighted by Gasteiger charge is -2.06. The van der Waals surface area contributed by atoms with Gasteiger partial charge in [-0.25, -0.2) is 0 Å². The Morgan fingerprint density at radius 3 is 2.88 bits per heavy atom. The highest BCUT2D eigenvalue weighted by atomic mass is 32.1. The van der Waals surface area contributed by atoms with E-state index in [1.165, 1.54) is 11.3 Å². The zero-order chi connectivity index (χ0) is 11.5. The zero-order valence-corrected chi connectivity index (χ0v) is 10.2. The minimum Gasteiger partial charge on any atom is -0.294 e. The molecule has 0 spiro atoms. The summed E-state index contributed by atoms with van der Waals surface area (Å²) in [6.07, 6.45) is 2.21. The molecule has 0 saturated carbocycles. The number of aromatic nitrogens is 1. The average Bonchev–Trinajstić information content (AvgIpc) is 2.74. The molecule has 2 nitrogen and oxygen atoms in total. The topological polar surface area (TPSA) is 30.0 Å². The largest absolute Gasteiger partial charge is 0.294 e. The normalized spacial score (nSPS) is 10.4. The lowest BCUT2D eigenvalue weighted by atomic mass is 9.98. The van der Waals surface area contributed by atoms with Gasteiger partial charge < -0.3 is 0 Å². The number of carbonyl (C=O) groups excluding carboxylic acids is 1. The van der Waals surface area contributed by atoms with Crippen molar-refractivity contribution in [1.29, 1.82) is 0 Å². The van der Waals surface area contributed by atoms with Crippen molar-refractivity contribution >= 4 is 17.1 Å². The molecule has 1 aromatic carbocycles. The second-order valence-electron chi connectivity index (χ2n) is 3.82. The number of thiazole rings is 1. The van der Waals surface area contributed by atoms with Crippen molar-refractivity contribution in [2.45, 2.75) is 20.3 Å². The third kappa shape index (κ3) is 2.19. The van der Waals surface area contributed by atoms with Crippen LogP contribution in [0.4, 0.5) is 0 Å². The lowest BCUT2D eigenvalue weighted by molar-refractivity contribution is 0.0993. The third-order valence-electron chi connectivity index (χ3n) is 2.72. The van der Waals surface area contributed by atoms with E-state index in [1.807, 2.05) is 32.0 Å². The average molecular weight is 231 g/mol. The predicted octanol–water partition coefficient (Wildman–Crippen LogP) is 3.19. The number of hydrogen-bond acceptors (Lipinski definition) is 3. The zero-order valence-electron chi connectivity index (χ0n) is 9.36. The van der Waals surface area contributed by atoms with Gasteiger partial charge in [-0.15, -0.1) is 11.3 Å². The summed E-state index contributed by atoms with van der Waals surface area (Å²) in [7, 11) is 0. The molecule has 0 atom stereocenters. The summed E-state index contributed by atoms with van der Waals surface area (Å²) >= 11 is 1.52. The molecule has 0 saturated heterocycles. The Morgan fingerprint density at radius 1 is 1.38 bits per heavy atom. The highest BCUT2D eigenvalue weighted by molar-refractivity contribution is 7.09. The van der Waals surface area contributed by atoms with Gasteiger partial charge in [-0.1, -0.05) is 18.2 Å². The summed E-state index contributed by atoms with van der Waals surface area (Å²) in [4.78, 5) is 17.1. The maximum Gasteiger partial charge on any atom is 0.168 e. The number of Topliss-reactive ketones (excluding diaryl/α,β-unsaturated/α-hetero) is 1. The Labute approximate surface area is 99.0 Å². The molecular weight excluding hydrogens is 218 g/mol. The maximum atomic E-state index is 12.1. The van der Waals surface area contributed by atoms with Crippen LogP contribution < -0.4 is 0 Å². The summed E-state index contributed by atoms with van der Waals surface area (Å²) in [5.41, 5.74) is 4.83. The van der Waals surface area contributed by atoms with Gasteiger partial charge in [0.2, 0.25) is 0 Å². The fraction of sp³-hybridized carbons (Fsp3) is 0.231. The number of benzene rings is 1. The van der Waals surface area contributed by atoms with E-state index in [0.29, 0.717) is 6.42 Å². The maximum absolute atomic E-state index is 12.1. The summed E-state index contributed by atoms with van der Waals surface area (Å²) < 4.78 is 0. The van der Waals surface area contributed by atoms with Crippen molar-refractivity contribution < 1.29 is 4.79 Å². The molecule has 0 aliphatic rings. The Kier molecular flexibility index (Phi) is 3.15. The van der Waals surface area contributed by atoms with Crippen molar-refractivity contribution in [2.75, 3.05) is 0 Å². The van der Waals surface area contributed by atoms with Crippen molar-refractivity contribution in [3.63, 3.8) is 0 Å². The van der Waals surface area contributed by atoms with Crippen LogP contribution in [0.1, 0.15) is 26.4 Å². The first-order chi connectivity index (χ1) is 7.68. The molecule has 0 fully saturated rings. The van der Waals surface area contributed by atoms with Gasteiger partial charge in [-0.05, 0) is 25.0 Å². The van der Waals surface area contributed by atoms with Crippen LogP contribution in [0.2, 0.25) is 0 Å². The van der Waals surface area contributed by atoms with E-state index in [1.54, 1.807) is 11.7 Å². The van der Waals surface area contributed by atoms with Crippen LogP contribution in [0.25, 0.3) is 0 Å². The van der Waals surface area contributed by atoms with Crippen LogP contribution in [0, 0.1) is 13.8 Å². The van der Waals surface area contributed by atoms with E-state index < -0.39 is 0 Å². The van der Waals surface area contributed by atoms with Crippen LogP contribution >= 0.6 is 11.3 Å². The van der Waals surface area contributed by atoms with Crippen molar-refractivity contribution in [2.24, 2.45) is 0 Å². The van der Waals surface area contributed by atoms with Crippen LogP contribution in [0.15, 0.2) is 29.9 Å². The van der Waals surface area contributed by atoms with Crippen molar-refractivity contribution in [3.05, 3.63) is 51.5 Å². The molecular formula is C13H13NOS. The van der Waals surface area contributed by atoms with Gasteiger partial charge in [-0.3, -0.25) is 9.78 Å². The van der Waals surface area contributed by atoms with E-state index in [9.17, 15) is 4.79 Å². The minimum atomic E-state index is 0.172. The van der Waals surface area contributed by atoms with Gasteiger partial charge in [0, 0.05) is 23.1 Å². The number of rotatable bonds is 3. The summed E-state index contributed by atoms with van der Waals surface area (Å²) in [6.45, 7) is 4.02. The second kappa shape index (κ2) is 4.58. The first-order valence-corrected chi connectivity index (χ1v) is 6.03. The first kappa shape index (κ1) is 11.0. The van der Waals surface area contributed by atoms with Crippen LogP contribution in [0.3, 0.4) is 0 Å². The SMILES string of the molecule is Cc1cccc(C(=O)Cc2cncs2)c1C. The van der Waals surface area contributed by atoms with Gasteiger partial charge in [0.25, 0.3) is 0 Å². The van der Waals surface area contributed by atoms with Gasteiger partial charge in [0.15, 0.2) is 5.78 Å². The van der Waals surface area contributed by atoms with Gasteiger partial charge in [-0.2, -0.15) is 0 Å². The Hall–Kier alpha value is -1.48. The summed E-state index contributed by atoms with van der Waals surface area (Å²) in [6, 6.07) is 5.85. The standard InChI is InChI=1S/C13H13NOS/c1-9-4-3-5-12(10(9)2)13(15)6-11-7-14-8-16-11/h3-5,7-8H,6H2,1-2H3. The number of aryl methyl sites for hydroxylation is 1. The fourth-order valence-electron chi connectivity index (χ4n) is 1.64. The molecule has 16 heavy (non-hydrogen) atoms. The van der Waals surface area contributed by atoms with E-state index in [0.717, 1.165) is 21.6 Å². The monoisotopic (exact) mass is 231 g/mol. The van der Waals surface area contributed by atoms with E-state index in [2.05, 4.69) is 4.98 Å². The first-order valence-electron chi connectivity index (χ1n) is 5.15. The Morgan fingerprint density at radius 2 is 2.19 bits per heavy atom. The quantitative estimate of drug-likeness (QED) is 0.759. The van der Waals surface area contributed by atoms with E-state index in [-0.39, 0.29) is 5.78 Å². The van der Waals surface area contributed by atoms with E-state index in [4.69, 9.17) is 0 Å². The second-order valence-corrected chi connectivity index (χ2v) is 4.79. The third-order valence-corrected chi connectivity index (χ3v) is 3.50. The number of hydrogen-bond donors (Lipinski definition) is 0. The van der Waals surface area contributed by atoms with Crippen LogP contribution in [-0.2, 0) is 6.42 Å². The molecule has 0 radical (unpaired) electrons. The molecule has 82 valence electrons.